The van der Waals surface area contributed by atoms with Crippen LogP contribution in [0.3, 0.4) is 0 Å². The van der Waals surface area contributed by atoms with Crippen LogP contribution in [0.2, 0.25) is 0 Å². The molecule has 0 unspecified atom stereocenters. The van der Waals surface area contributed by atoms with Gasteiger partial charge < -0.3 is 0 Å². The molecule has 0 atom stereocenters. The molecule has 0 bridgehead atoms. The van der Waals surface area contributed by atoms with E-state index in [4.69, 9.17) is 4.74 Å². The van der Waals surface area contributed by atoms with Crippen LogP contribution in [0, 0.1) is 31.1 Å². The van der Waals surface area contributed by atoms with Crippen molar-refractivity contribution in [3.8, 4) is 0 Å². The van der Waals surface area contributed by atoms with Gasteiger partial charge in [0, 0.05) is 31.1 Å². The number of nitrogens with zero attached hydrogens (tertiary/aromatic N) is 1. The minimum atomic E-state index is 0. The Labute approximate surface area is 89.9 Å². The van der Waals surface area contributed by atoms with E-state index in [9.17, 15) is 0 Å². The van der Waals surface area contributed by atoms with E-state index >= 15 is 0 Å². The Balaban J connectivity index is 0.000000640. The molecular formula is C5H8NOUW-. The summed E-state index contributed by atoms with van der Waals surface area (Å²) in [6, 6.07) is 0. The topological polar surface area (TPSA) is 23.3 Å². The fourth-order valence-electron chi connectivity index (χ4n) is 0.589. The van der Waals surface area contributed by atoms with Crippen LogP contribution in [-0.2, 0) is 24.1 Å². The molecule has 0 spiro atoms. The van der Waals surface area contributed by atoms with Crippen molar-refractivity contribution < 1.29 is 55.2 Å². The van der Waals surface area contributed by atoms with Crippen LogP contribution in [0.15, 0.2) is 0 Å². The van der Waals surface area contributed by atoms with E-state index in [1.54, 1.807) is 0 Å². The van der Waals surface area contributed by atoms with Crippen LogP contribution in [-0.4, -0.2) is 17.4 Å². The van der Waals surface area contributed by atoms with Gasteiger partial charge in [-0.1, -0.05) is 0 Å². The summed E-state index contributed by atoms with van der Waals surface area (Å²) >= 11 is 1.35. The van der Waals surface area contributed by atoms with Gasteiger partial charge in [-0.2, -0.15) is 0 Å². The first-order valence-corrected chi connectivity index (χ1v) is 4.20. The van der Waals surface area contributed by atoms with Gasteiger partial charge in [-0.05, 0) is 0 Å². The standard InChI is InChI=1S/C5H8NO.U.W/c1-2-4-7-5-6-3-1;;/h1-4H2;;/q-1;;. The van der Waals surface area contributed by atoms with Crippen LogP contribution >= 0.6 is 0 Å². The SMILES string of the molecule is [U].[W]=[C]1[N-]CCCCO1. The van der Waals surface area contributed by atoms with Crippen molar-refractivity contribution in [1.82, 2.24) is 0 Å². The quantitative estimate of drug-likeness (QED) is 0.464. The van der Waals surface area contributed by atoms with Crippen molar-refractivity contribution in [3.63, 3.8) is 0 Å². The molecule has 1 fully saturated rings. The molecule has 0 aromatic carbocycles. The number of ether oxygens (including phenoxy) is 1. The summed E-state index contributed by atoms with van der Waals surface area (Å²) in [5.41, 5.74) is 0. The van der Waals surface area contributed by atoms with Gasteiger partial charge in [-0.25, -0.2) is 0 Å². The van der Waals surface area contributed by atoms with Crippen molar-refractivity contribution in [2.24, 2.45) is 0 Å². The molecule has 1 aliphatic heterocycles. The molecule has 1 heterocycles. The Morgan fingerprint density at radius 3 is 3.00 bits per heavy atom. The molecule has 0 saturated carbocycles. The third-order valence-electron chi connectivity index (χ3n) is 1.02. The van der Waals surface area contributed by atoms with Gasteiger partial charge >= 0.3 is 59.6 Å². The van der Waals surface area contributed by atoms with Gasteiger partial charge in [0.05, 0.1) is 0 Å². The molecule has 4 heteroatoms. The molecule has 0 radical (unpaired) electrons. The van der Waals surface area contributed by atoms with Gasteiger partial charge in [0.15, 0.2) is 0 Å². The number of rotatable bonds is 0. The van der Waals surface area contributed by atoms with E-state index in [0.29, 0.717) is 0 Å². The minimum absolute atomic E-state index is 0. The fraction of sp³-hybridized carbons (Fsp3) is 0.800. The van der Waals surface area contributed by atoms with Crippen molar-refractivity contribution in [3.05, 3.63) is 5.32 Å². The van der Waals surface area contributed by atoms with E-state index in [1.807, 2.05) is 0 Å². The summed E-state index contributed by atoms with van der Waals surface area (Å²) in [5.74, 6) is 0. The number of hydrogen-bond acceptors (Lipinski definition) is 1. The normalized spacial score (nSPS) is 20.2. The average Bonchev–Trinajstić information content (AvgIpc) is 1.94. The molecule has 0 amide bonds. The molecule has 1 rings (SSSR count). The zero-order valence-corrected chi connectivity index (χ0v) is 12.2. The number of hydrogen-bond donors (Lipinski definition) is 0. The predicted molar refractivity (Wildman–Crippen MR) is 28.4 cm³/mol. The molecular weight excluding hydrogens is 512 g/mol. The van der Waals surface area contributed by atoms with Crippen molar-refractivity contribution in [2.75, 3.05) is 13.2 Å². The zero-order valence-electron chi connectivity index (χ0n) is 5.09. The Bertz CT molecular complexity index is 89.0. The van der Waals surface area contributed by atoms with Crippen molar-refractivity contribution in [1.29, 1.82) is 0 Å². The molecule has 1 aliphatic rings. The predicted octanol–water partition coefficient (Wildman–Crippen LogP) is 0.805. The third kappa shape index (κ3) is 4.87. The summed E-state index contributed by atoms with van der Waals surface area (Å²) in [6.07, 6.45) is 2.36. The van der Waals surface area contributed by atoms with Crippen LogP contribution in [0.1, 0.15) is 12.8 Å². The third-order valence-corrected chi connectivity index (χ3v) is 1.91. The Morgan fingerprint density at radius 2 is 2.22 bits per heavy atom. The Morgan fingerprint density at radius 1 is 1.44 bits per heavy atom. The molecule has 0 aliphatic carbocycles. The molecule has 0 N–H and O–H groups in total. The van der Waals surface area contributed by atoms with E-state index < -0.39 is 0 Å². The monoisotopic (exact) mass is 520 g/mol. The summed E-state index contributed by atoms with van der Waals surface area (Å²) in [4.78, 5) is 0. The van der Waals surface area contributed by atoms with Gasteiger partial charge in [-0.3, -0.25) is 0 Å². The van der Waals surface area contributed by atoms with E-state index in [0.717, 1.165) is 17.4 Å². The Hall–Kier alpha value is 1.53. The summed E-state index contributed by atoms with van der Waals surface area (Å²) in [5, 5.41) is 4.16. The average molecular weight is 520 g/mol. The maximum atomic E-state index is 5.19. The molecule has 9 heavy (non-hydrogen) atoms. The van der Waals surface area contributed by atoms with E-state index in [1.165, 1.54) is 32.2 Å². The van der Waals surface area contributed by atoms with E-state index in [-0.39, 0.29) is 31.1 Å². The Kier molecular flexibility index (Phi) is 7.32. The molecule has 0 aromatic heterocycles. The van der Waals surface area contributed by atoms with Crippen LogP contribution in [0.4, 0.5) is 0 Å². The zero-order chi connectivity index (χ0) is 5.82. The van der Waals surface area contributed by atoms with Gasteiger partial charge in [-0.15, -0.1) is 0 Å². The van der Waals surface area contributed by atoms with Crippen LogP contribution < -0.4 is 0 Å². The summed E-state index contributed by atoms with van der Waals surface area (Å²) < 4.78 is 6.12. The molecule has 50 valence electrons. The maximum absolute atomic E-state index is 5.19. The summed E-state index contributed by atoms with van der Waals surface area (Å²) in [7, 11) is 0. The first kappa shape index (κ1) is 10.5. The molecule has 2 nitrogen and oxygen atoms in total. The van der Waals surface area contributed by atoms with Crippen molar-refractivity contribution >= 4 is 4.21 Å². The fourth-order valence-corrected chi connectivity index (χ4v) is 1.22. The second kappa shape index (κ2) is 6.25. The van der Waals surface area contributed by atoms with Crippen LogP contribution in [0.5, 0.6) is 0 Å². The second-order valence-corrected chi connectivity index (χ2v) is 2.96. The van der Waals surface area contributed by atoms with Gasteiger partial charge in [0.2, 0.25) is 0 Å². The first-order valence-electron chi connectivity index (χ1n) is 2.74. The van der Waals surface area contributed by atoms with Gasteiger partial charge in [0.1, 0.15) is 0 Å². The molecule has 1 saturated heterocycles. The second-order valence-electron chi connectivity index (χ2n) is 1.70. The van der Waals surface area contributed by atoms with Crippen LogP contribution in [0.25, 0.3) is 5.32 Å². The first-order chi connectivity index (χ1) is 3.89. The molecule has 0 aromatic rings. The van der Waals surface area contributed by atoms with Crippen molar-refractivity contribution in [2.45, 2.75) is 12.8 Å². The van der Waals surface area contributed by atoms with E-state index in [2.05, 4.69) is 5.32 Å². The summed E-state index contributed by atoms with van der Waals surface area (Å²) in [6.45, 7) is 1.85. The van der Waals surface area contributed by atoms with Gasteiger partial charge in [0.25, 0.3) is 0 Å².